The molecule has 4 rings (SSSR count). The number of likely N-dealkylation sites (tertiary alicyclic amines) is 1. The molecule has 1 unspecified atom stereocenters. The number of aromatic hydroxyl groups is 1. The highest BCUT2D eigenvalue weighted by atomic mass is 19.1. The summed E-state index contributed by atoms with van der Waals surface area (Å²) in [5.41, 5.74) is 1.48. The Kier molecular flexibility index (Phi) is 5.02. The molecule has 2 aliphatic rings. The van der Waals surface area contributed by atoms with Crippen LogP contribution < -0.4 is 4.74 Å². The lowest BCUT2D eigenvalue weighted by molar-refractivity contribution is 0.116. The SMILES string of the molecule is Cc1ccc(O[C@@H]2C[C@@H]3CN(CC(O)c4ccc(O)c(F)c4)C[C@@H]3C2)cn1. The molecular formula is C21H25FN2O3. The highest BCUT2D eigenvalue weighted by Gasteiger charge is 2.42. The average molecular weight is 372 g/mol. The molecule has 6 heteroatoms. The summed E-state index contributed by atoms with van der Waals surface area (Å²) >= 11 is 0. The van der Waals surface area contributed by atoms with Gasteiger partial charge in [0.15, 0.2) is 11.6 Å². The van der Waals surface area contributed by atoms with Crippen LogP contribution in [-0.2, 0) is 0 Å². The molecule has 2 aromatic rings. The van der Waals surface area contributed by atoms with Crippen LogP contribution >= 0.6 is 0 Å². The lowest BCUT2D eigenvalue weighted by Crippen LogP contribution is -2.29. The summed E-state index contributed by atoms with van der Waals surface area (Å²) < 4.78 is 19.6. The molecule has 27 heavy (non-hydrogen) atoms. The van der Waals surface area contributed by atoms with Crippen LogP contribution in [0.5, 0.6) is 11.5 Å². The predicted molar refractivity (Wildman–Crippen MR) is 99.1 cm³/mol. The van der Waals surface area contributed by atoms with Gasteiger partial charge in [0.1, 0.15) is 5.75 Å². The lowest BCUT2D eigenvalue weighted by atomic mass is 10.0. The number of aliphatic hydroxyl groups excluding tert-OH is 1. The smallest absolute Gasteiger partial charge is 0.165 e. The molecule has 1 saturated heterocycles. The summed E-state index contributed by atoms with van der Waals surface area (Å²) in [6, 6.07) is 7.99. The van der Waals surface area contributed by atoms with Crippen molar-refractivity contribution >= 4 is 0 Å². The van der Waals surface area contributed by atoms with E-state index in [4.69, 9.17) is 4.74 Å². The van der Waals surface area contributed by atoms with Crippen molar-refractivity contribution in [2.75, 3.05) is 19.6 Å². The minimum Gasteiger partial charge on any atom is -0.505 e. The van der Waals surface area contributed by atoms with E-state index in [0.29, 0.717) is 23.9 Å². The van der Waals surface area contributed by atoms with Crippen molar-refractivity contribution in [2.45, 2.75) is 32.0 Å². The van der Waals surface area contributed by atoms with Crippen LogP contribution in [-0.4, -0.2) is 45.8 Å². The van der Waals surface area contributed by atoms with Crippen molar-refractivity contribution < 1.29 is 19.3 Å². The number of aliphatic hydroxyl groups is 1. The third-order valence-electron chi connectivity index (χ3n) is 5.76. The van der Waals surface area contributed by atoms with Gasteiger partial charge in [-0.2, -0.15) is 0 Å². The Balaban J connectivity index is 1.29. The van der Waals surface area contributed by atoms with Crippen molar-refractivity contribution in [3.8, 4) is 11.5 Å². The van der Waals surface area contributed by atoms with Crippen molar-refractivity contribution in [1.82, 2.24) is 9.88 Å². The molecule has 0 spiro atoms. The van der Waals surface area contributed by atoms with Crippen LogP contribution in [0.4, 0.5) is 4.39 Å². The van der Waals surface area contributed by atoms with E-state index in [0.717, 1.165) is 37.4 Å². The number of ether oxygens (including phenoxy) is 1. The Labute approximate surface area is 158 Å². The lowest BCUT2D eigenvalue weighted by Gasteiger charge is -2.22. The summed E-state index contributed by atoms with van der Waals surface area (Å²) in [7, 11) is 0. The summed E-state index contributed by atoms with van der Waals surface area (Å²) in [5.74, 6) is 0.869. The molecule has 1 aliphatic heterocycles. The monoisotopic (exact) mass is 372 g/mol. The zero-order valence-corrected chi connectivity index (χ0v) is 15.4. The Morgan fingerprint density at radius 1 is 1.22 bits per heavy atom. The van der Waals surface area contributed by atoms with E-state index >= 15 is 0 Å². The van der Waals surface area contributed by atoms with Gasteiger partial charge in [-0.15, -0.1) is 0 Å². The molecule has 2 heterocycles. The van der Waals surface area contributed by atoms with Gasteiger partial charge < -0.3 is 14.9 Å². The van der Waals surface area contributed by atoms with Crippen LogP contribution in [0, 0.1) is 24.6 Å². The fourth-order valence-corrected chi connectivity index (χ4v) is 4.38. The summed E-state index contributed by atoms with van der Waals surface area (Å²) in [4.78, 5) is 6.52. The van der Waals surface area contributed by atoms with Crippen molar-refractivity contribution in [3.05, 3.63) is 53.6 Å². The Morgan fingerprint density at radius 2 is 1.96 bits per heavy atom. The molecule has 1 saturated carbocycles. The largest absolute Gasteiger partial charge is 0.505 e. The zero-order valence-electron chi connectivity index (χ0n) is 15.4. The number of aryl methyl sites for hydroxylation is 1. The quantitative estimate of drug-likeness (QED) is 0.845. The zero-order chi connectivity index (χ0) is 19.0. The predicted octanol–water partition coefficient (Wildman–Crippen LogP) is 3.06. The first-order valence-electron chi connectivity index (χ1n) is 9.46. The summed E-state index contributed by atoms with van der Waals surface area (Å²) in [6.07, 6.45) is 3.27. The minimum atomic E-state index is -0.760. The van der Waals surface area contributed by atoms with E-state index in [2.05, 4.69) is 9.88 Å². The van der Waals surface area contributed by atoms with E-state index in [1.54, 1.807) is 12.3 Å². The van der Waals surface area contributed by atoms with Crippen molar-refractivity contribution in [3.63, 3.8) is 0 Å². The molecule has 144 valence electrons. The van der Waals surface area contributed by atoms with E-state index < -0.39 is 17.7 Å². The average Bonchev–Trinajstić information content (AvgIpc) is 3.17. The highest BCUT2D eigenvalue weighted by molar-refractivity contribution is 5.29. The maximum Gasteiger partial charge on any atom is 0.165 e. The molecule has 1 aromatic carbocycles. The van der Waals surface area contributed by atoms with Crippen LogP contribution in [0.2, 0.25) is 0 Å². The molecule has 2 fully saturated rings. The second kappa shape index (κ2) is 7.44. The number of pyridine rings is 1. The molecular weight excluding hydrogens is 347 g/mol. The van der Waals surface area contributed by atoms with E-state index in [-0.39, 0.29) is 6.10 Å². The topological polar surface area (TPSA) is 65.8 Å². The molecule has 1 aliphatic carbocycles. The van der Waals surface area contributed by atoms with Gasteiger partial charge in [0.05, 0.1) is 18.4 Å². The third kappa shape index (κ3) is 4.06. The maximum atomic E-state index is 13.5. The van der Waals surface area contributed by atoms with E-state index in [1.807, 2.05) is 19.1 Å². The number of phenolic OH excluding ortho intramolecular Hbond substituents is 1. The summed E-state index contributed by atoms with van der Waals surface area (Å²) in [6.45, 7) is 4.28. The Morgan fingerprint density at radius 3 is 2.59 bits per heavy atom. The van der Waals surface area contributed by atoms with Gasteiger partial charge in [0.2, 0.25) is 0 Å². The summed E-state index contributed by atoms with van der Waals surface area (Å²) in [5, 5.41) is 19.7. The fraction of sp³-hybridized carbons (Fsp3) is 0.476. The second-order valence-electron chi connectivity index (χ2n) is 7.81. The number of rotatable bonds is 5. The number of hydrogen-bond acceptors (Lipinski definition) is 5. The number of nitrogens with zero attached hydrogens (tertiary/aromatic N) is 2. The van der Waals surface area contributed by atoms with Crippen LogP contribution in [0.25, 0.3) is 0 Å². The molecule has 0 amide bonds. The number of β-amino-alcohol motifs (C(OH)–C–C–N with tert-alkyl or cyclic N) is 1. The second-order valence-corrected chi connectivity index (χ2v) is 7.81. The number of halogens is 1. The third-order valence-corrected chi connectivity index (χ3v) is 5.76. The van der Waals surface area contributed by atoms with E-state index in [1.165, 1.54) is 12.1 Å². The van der Waals surface area contributed by atoms with Crippen LogP contribution in [0.3, 0.4) is 0 Å². The molecule has 5 nitrogen and oxygen atoms in total. The van der Waals surface area contributed by atoms with Crippen LogP contribution in [0.15, 0.2) is 36.5 Å². The first kappa shape index (κ1) is 18.2. The first-order chi connectivity index (χ1) is 13.0. The standard InChI is InChI=1S/C21H25FN2O3/c1-13-2-4-17(9-23-13)27-18-6-15-10-24(11-16(15)7-18)12-21(26)14-3-5-20(25)19(22)8-14/h2-5,8-9,15-16,18,21,25-26H,6-7,10-12H2,1H3/t15-,16+,18-,21?. The van der Waals surface area contributed by atoms with Gasteiger partial charge in [-0.25, -0.2) is 4.39 Å². The maximum absolute atomic E-state index is 13.5. The number of aromatic nitrogens is 1. The van der Waals surface area contributed by atoms with Gasteiger partial charge in [-0.3, -0.25) is 9.88 Å². The molecule has 1 aromatic heterocycles. The molecule has 4 atom stereocenters. The number of benzene rings is 1. The fourth-order valence-electron chi connectivity index (χ4n) is 4.38. The van der Waals surface area contributed by atoms with Crippen molar-refractivity contribution in [1.29, 1.82) is 0 Å². The van der Waals surface area contributed by atoms with E-state index in [9.17, 15) is 14.6 Å². The van der Waals surface area contributed by atoms with Gasteiger partial charge in [0.25, 0.3) is 0 Å². The minimum absolute atomic E-state index is 0.225. The number of hydrogen-bond donors (Lipinski definition) is 2. The first-order valence-corrected chi connectivity index (χ1v) is 9.46. The highest BCUT2D eigenvalue weighted by Crippen LogP contribution is 2.40. The van der Waals surface area contributed by atoms with Crippen LogP contribution in [0.1, 0.15) is 30.2 Å². The molecule has 2 N–H and O–H groups in total. The molecule has 0 bridgehead atoms. The molecule has 0 radical (unpaired) electrons. The number of fused-ring (bicyclic) bond motifs is 1. The Hall–Kier alpha value is -2.18. The Bertz CT molecular complexity index is 785. The van der Waals surface area contributed by atoms with Gasteiger partial charge in [-0.1, -0.05) is 6.07 Å². The van der Waals surface area contributed by atoms with Gasteiger partial charge in [0, 0.05) is 25.3 Å². The van der Waals surface area contributed by atoms with Crippen molar-refractivity contribution in [2.24, 2.45) is 11.8 Å². The normalized spacial score (nSPS) is 26.1. The van der Waals surface area contributed by atoms with Gasteiger partial charge in [-0.05, 0) is 61.4 Å². The number of phenols is 1. The van der Waals surface area contributed by atoms with Gasteiger partial charge >= 0.3 is 0 Å².